The zero-order valence-corrected chi connectivity index (χ0v) is 9.16. The molecule has 0 bridgehead atoms. The third-order valence-corrected chi connectivity index (χ3v) is 2.20. The van der Waals surface area contributed by atoms with E-state index in [1.165, 1.54) is 0 Å². The van der Waals surface area contributed by atoms with Crippen LogP contribution in [0.5, 0.6) is 5.75 Å². The first-order valence-corrected chi connectivity index (χ1v) is 4.78. The van der Waals surface area contributed by atoms with Gasteiger partial charge in [0.2, 0.25) is 0 Å². The summed E-state index contributed by atoms with van der Waals surface area (Å²) in [4.78, 5) is 4.57. The lowest BCUT2D eigenvalue weighted by molar-refractivity contribution is 0.140. The zero-order chi connectivity index (χ0) is 11.1. The molecule has 0 atom stereocenters. The summed E-state index contributed by atoms with van der Waals surface area (Å²) < 4.78 is 10.3. The third kappa shape index (κ3) is 3.51. The van der Waals surface area contributed by atoms with Gasteiger partial charge < -0.3 is 14.3 Å². The fourth-order valence-corrected chi connectivity index (χ4v) is 1.43. The molecule has 84 valence electrons. The lowest BCUT2D eigenvalue weighted by Gasteiger charge is -2.10. The van der Waals surface area contributed by atoms with Crippen LogP contribution in [-0.4, -0.2) is 20.8 Å². The monoisotopic (exact) mass is 211 g/mol. The summed E-state index contributed by atoms with van der Waals surface area (Å²) in [7, 11) is 3.32. The molecule has 0 fully saturated rings. The molecule has 0 aliphatic carbocycles. The Balaban J connectivity index is 2.83. The van der Waals surface area contributed by atoms with Gasteiger partial charge in [-0.25, -0.2) is 5.90 Å². The number of hydrogen-bond acceptors (Lipinski definition) is 4. The predicted octanol–water partition coefficient (Wildman–Crippen LogP) is 1.27. The van der Waals surface area contributed by atoms with Gasteiger partial charge in [-0.05, 0) is 29.7 Å². The predicted molar refractivity (Wildman–Crippen MR) is 57.6 cm³/mol. The SMILES string of the molecule is COCc1ccc(OC)cc1CCON. The number of nitrogens with two attached hydrogens (primary N) is 1. The van der Waals surface area contributed by atoms with E-state index in [1.807, 2.05) is 18.2 Å². The average molecular weight is 211 g/mol. The standard InChI is InChI=1S/C11H17NO3/c1-13-8-10-3-4-11(14-2)7-9(10)5-6-15-12/h3-4,7H,5-6,8,12H2,1-2H3. The first-order chi connectivity index (χ1) is 7.31. The van der Waals surface area contributed by atoms with Crippen molar-refractivity contribution in [2.24, 2.45) is 5.90 Å². The summed E-state index contributed by atoms with van der Waals surface area (Å²) in [6, 6.07) is 5.89. The van der Waals surface area contributed by atoms with E-state index in [0.717, 1.165) is 23.3 Å². The maximum Gasteiger partial charge on any atom is 0.119 e. The largest absolute Gasteiger partial charge is 0.497 e. The minimum Gasteiger partial charge on any atom is -0.497 e. The Hall–Kier alpha value is -1.10. The third-order valence-electron chi connectivity index (χ3n) is 2.20. The second kappa shape index (κ2) is 6.40. The van der Waals surface area contributed by atoms with Crippen LogP contribution in [0.4, 0.5) is 0 Å². The van der Waals surface area contributed by atoms with Crippen LogP contribution in [0.3, 0.4) is 0 Å². The maximum absolute atomic E-state index is 5.16. The molecule has 1 aromatic rings. The van der Waals surface area contributed by atoms with Crippen LogP contribution in [0.25, 0.3) is 0 Å². The molecule has 1 aromatic carbocycles. The van der Waals surface area contributed by atoms with Crippen LogP contribution in [-0.2, 0) is 22.6 Å². The van der Waals surface area contributed by atoms with Gasteiger partial charge in [0.15, 0.2) is 0 Å². The molecule has 0 spiro atoms. The van der Waals surface area contributed by atoms with Gasteiger partial charge in [-0.2, -0.15) is 0 Å². The van der Waals surface area contributed by atoms with Crippen molar-refractivity contribution in [3.8, 4) is 5.75 Å². The summed E-state index contributed by atoms with van der Waals surface area (Å²) >= 11 is 0. The first kappa shape index (κ1) is 12.0. The summed E-state index contributed by atoms with van der Waals surface area (Å²) in [5, 5.41) is 0. The highest BCUT2D eigenvalue weighted by Crippen LogP contribution is 2.18. The van der Waals surface area contributed by atoms with Gasteiger partial charge in [-0.15, -0.1) is 0 Å². The van der Waals surface area contributed by atoms with Crippen LogP contribution in [0, 0.1) is 0 Å². The van der Waals surface area contributed by atoms with E-state index < -0.39 is 0 Å². The van der Waals surface area contributed by atoms with Crippen LogP contribution >= 0.6 is 0 Å². The number of ether oxygens (including phenoxy) is 2. The molecule has 0 saturated heterocycles. The molecule has 0 saturated carbocycles. The van der Waals surface area contributed by atoms with Crippen LogP contribution in [0.15, 0.2) is 18.2 Å². The molecule has 0 aliphatic heterocycles. The number of benzene rings is 1. The molecule has 4 heteroatoms. The topological polar surface area (TPSA) is 53.7 Å². The van der Waals surface area contributed by atoms with Crippen molar-refractivity contribution in [1.29, 1.82) is 0 Å². The lowest BCUT2D eigenvalue weighted by atomic mass is 10.1. The van der Waals surface area contributed by atoms with E-state index >= 15 is 0 Å². The van der Waals surface area contributed by atoms with Crippen LogP contribution < -0.4 is 10.6 Å². The van der Waals surface area contributed by atoms with E-state index in [1.54, 1.807) is 14.2 Å². The second-order valence-electron chi connectivity index (χ2n) is 3.19. The smallest absolute Gasteiger partial charge is 0.119 e. The van der Waals surface area contributed by atoms with E-state index in [9.17, 15) is 0 Å². The Bertz CT molecular complexity index is 302. The van der Waals surface area contributed by atoms with Crippen LogP contribution in [0.2, 0.25) is 0 Å². The van der Waals surface area contributed by atoms with E-state index in [-0.39, 0.29) is 0 Å². The number of rotatable bonds is 6. The first-order valence-electron chi connectivity index (χ1n) is 4.78. The molecular formula is C11H17NO3. The molecule has 1 rings (SSSR count). The number of hydrogen-bond donors (Lipinski definition) is 1. The van der Waals surface area contributed by atoms with Gasteiger partial charge >= 0.3 is 0 Å². The van der Waals surface area contributed by atoms with Gasteiger partial charge in [0.25, 0.3) is 0 Å². The molecule has 4 nitrogen and oxygen atoms in total. The zero-order valence-electron chi connectivity index (χ0n) is 9.16. The summed E-state index contributed by atoms with van der Waals surface area (Å²) in [6.45, 7) is 1.08. The highest BCUT2D eigenvalue weighted by molar-refractivity contribution is 5.35. The van der Waals surface area contributed by atoms with E-state index in [2.05, 4.69) is 4.84 Å². The summed E-state index contributed by atoms with van der Waals surface area (Å²) in [6.07, 6.45) is 0.756. The van der Waals surface area contributed by atoms with Gasteiger partial charge in [-0.3, -0.25) is 0 Å². The minimum absolute atomic E-state index is 0.490. The van der Waals surface area contributed by atoms with Crippen molar-refractivity contribution >= 4 is 0 Å². The Morgan fingerprint density at radius 1 is 1.20 bits per heavy atom. The molecule has 0 radical (unpaired) electrons. The van der Waals surface area contributed by atoms with Gasteiger partial charge in [0, 0.05) is 7.11 Å². The van der Waals surface area contributed by atoms with Crippen molar-refractivity contribution in [2.75, 3.05) is 20.8 Å². The van der Waals surface area contributed by atoms with Gasteiger partial charge in [-0.1, -0.05) is 6.07 Å². The Morgan fingerprint density at radius 2 is 2.00 bits per heavy atom. The molecule has 2 N–H and O–H groups in total. The fourth-order valence-electron chi connectivity index (χ4n) is 1.43. The molecule has 0 unspecified atom stereocenters. The molecule has 0 heterocycles. The molecule has 0 aromatic heterocycles. The maximum atomic E-state index is 5.16. The van der Waals surface area contributed by atoms with Gasteiger partial charge in [0.1, 0.15) is 5.75 Å². The molecule has 0 aliphatic rings. The average Bonchev–Trinajstić information content (AvgIpc) is 2.28. The van der Waals surface area contributed by atoms with Gasteiger partial charge in [0.05, 0.1) is 20.3 Å². The molecular weight excluding hydrogens is 194 g/mol. The van der Waals surface area contributed by atoms with Crippen molar-refractivity contribution in [2.45, 2.75) is 13.0 Å². The van der Waals surface area contributed by atoms with Crippen molar-refractivity contribution in [3.63, 3.8) is 0 Å². The Morgan fingerprint density at radius 3 is 2.60 bits per heavy atom. The lowest BCUT2D eigenvalue weighted by Crippen LogP contribution is -2.06. The Labute approximate surface area is 89.9 Å². The normalized spacial score (nSPS) is 10.3. The Kier molecular flexibility index (Phi) is 5.10. The van der Waals surface area contributed by atoms with E-state index in [4.69, 9.17) is 15.4 Å². The van der Waals surface area contributed by atoms with E-state index in [0.29, 0.717) is 13.2 Å². The molecule has 0 amide bonds. The summed E-state index contributed by atoms with van der Waals surface area (Å²) in [5.41, 5.74) is 2.28. The molecule has 15 heavy (non-hydrogen) atoms. The number of methoxy groups -OCH3 is 2. The van der Waals surface area contributed by atoms with Crippen molar-refractivity contribution in [1.82, 2.24) is 0 Å². The quantitative estimate of drug-likeness (QED) is 0.720. The minimum atomic E-state index is 0.490. The fraction of sp³-hybridized carbons (Fsp3) is 0.455. The highest BCUT2D eigenvalue weighted by Gasteiger charge is 2.04. The second-order valence-corrected chi connectivity index (χ2v) is 3.19. The summed E-state index contributed by atoms with van der Waals surface area (Å²) in [5.74, 6) is 5.84. The van der Waals surface area contributed by atoms with Crippen LogP contribution in [0.1, 0.15) is 11.1 Å². The van der Waals surface area contributed by atoms with Crippen molar-refractivity contribution in [3.05, 3.63) is 29.3 Å². The van der Waals surface area contributed by atoms with Crippen molar-refractivity contribution < 1.29 is 14.3 Å². The highest BCUT2D eigenvalue weighted by atomic mass is 16.6.